The molecule has 1 aliphatic rings. The van der Waals surface area contributed by atoms with Crippen molar-refractivity contribution in [2.75, 3.05) is 0 Å². The molecular formula is C22H41N. The minimum Gasteiger partial charge on any atom is -0.198 e. The van der Waals surface area contributed by atoms with Crippen LogP contribution in [0.15, 0.2) is 0 Å². The van der Waals surface area contributed by atoms with E-state index in [9.17, 15) is 5.26 Å². The Morgan fingerprint density at radius 3 is 1.87 bits per heavy atom. The number of rotatable bonds is 11. The van der Waals surface area contributed by atoms with E-state index in [-0.39, 0.29) is 0 Å². The molecule has 1 rings (SSSR count). The summed E-state index contributed by atoms with van der Waals surface area (Å²) < 4.78 is 0. The zero-order valence-electron chi connectivity index (χ0n) is 16.3. The summed E-state index contributed by atoms with van der Waals surface area (Å²) in [7, 11) is 0. The molecule has 134 valence electrons. The van der Waals surface area contributed by atoms with Gasteiger partial charge >= 0.3 is 0 Å². The third-order valence-electron chi connectivity index (χ3n) is 6.29. The van der Waals surface area contributed by atoms with Crippen molar-refractivity contribution in [3.05, 3.63) is 0 Å². The van der Waals surface area contributed by atoms with Crippen molar-refractivity contribution in [3.63, 3.8) is 0 Å². The summed E-state index contributed by atoms with van der Waals surface area (Å²) >= 11 is 0. The predicted molar refractivity (Wildman–Crippen MR) is 101 cm³/mol. The molecule has 1 aliphatic carbocycles. The van der Waals surface area contributed by atoms with E-state index >= 15 is 0 Å². The lowest BCUT2D eigenvalue weighted by molar-refractivity contribution is 0.180. The van der Waals surface area contributed by atoms with Crippen molar-refractivity contribution >= 4 is 0 Å². The molecule has 0 aliphatic heterocycles. The second-order valence-electron chi connectivity index (χ2n) is 8.22. The van der Waals surface area contributed by atoms with Gasteiger partial charge in [0.25, 0.3) is 0 Å². The van der Waals surface area contributed by atoms with Crippen LogP contribution in [0.2, 0.25) is 0 Å². The standard InChI is InChI=1S/C22H41N/c1-5-8-19(9-6-2)22(17-23)16-15-20(10-7-3)21-13-11-18(4)12-14-21/h18-22H,5-16H2,1-4H3/t18?,20-,21?,22?/m1/s1. The quantitative estimate of drug-likeness (QED) is 0.390. The van der Waals surface area contributed by atoms with Gasteiger partial charge in [-0.25, -0.2) is 0 Å². The third kappa shape index (κ3) is 7.28. The van der Waals surface area contributed by atoms with Crippen LogP contribution >= 0.6 is 0 Å². The van der Waals surface area contributed by atoms with Gasteiger partial charge in [-0.15, -0.1) is 0 Å². The Kier molecular flexibility index (Phi) is 10.7. The Balaban J connectivity index is 2.55. The minimum atomic E-state index is 0.303. The summed E-state index contributed by atoms with van der Waals surface area (Å²) in [4.78, 5) is 0. The van der Waals surface area contributed by atoms with E-state index in [2.05, 4.69) is 33.8 Å². The SMILES string of the molecule is CCCC(CCC)C(C#N)CC[C@@H](CCC)C1CCC(C)CC1. The van der Waals surface area contributed by atoms with Crippen LogP contribution in [-0.4, -0.2) is 0 Å². The van der Waals surface area contributed by atoms with E-state index in [1.165, 1.54) is 70.6 Å². The zero-order chi connectivity index (χ0) is 17.1. The van der Waals surface area contributed by atoms with E-state index in [1.54, 1.807) is 0 Å². The van der Waals surface area contributed by atoms with Crippen molar-refractivity contribution in [2.45, 2.75) is 105 Å². The number of nitriles is 1. The monoisotopic (exact) mass is 319 g/mol. The molecule has 0 aromatic carbocycles. The van der Waals surface area contributed by atoms with Crippen LogP contribution in [0.25, 0.3) is 0 Å². The summed E-state index contributed by atoms with van der Waals surface area (Å²) in [6.07, 6.45) is 15.8. The molecule has 0 amide bonds. The van der Waals surface area contributed by atoms with E-state index < -0.39 is 0 Å². The molecule has 1 unspecified atom stereocenters. The second-order valence-corrected chi connectivity index (χ2v) is 8.22. The Morgan fingerprint density at radius 2 is 1.39 bits per heavy atom. The summed E-state index contributed by atoms with van der Waals surface area (Å²) in [5, 5.41) is 9.69. The average Bonchev–Trinajstić information content (AvgIpc) is 2.55. The molecule has 0 N–H and O–H groups in total. The maximum Gasteiger partial charge on any atom is 0.0658 e. The minimum absolute atomic E-state index is 0.303. The topological polar surface area (TPSA) is 23.8 Å². The highest BCUT2D eigenvalue weighted by Crippen LogP contribution is 2.38. The lowest BCUT2D eigenvalue weighted by Crippen LogP contribution is -2.22. The molecule has 0 radical (unpaired) electrons. The van der Waals surface area contributed by atoms with Gasteiger partial charge in [0.05, 0.1) is 6.07 Å². The Bertz CT molecular complexity index is 315. The first-order valence-corrected chi connectivity index (χ1v) is 10.6. The summed E-state index contributed by atoms with van der Waals surface area (Å²) in [6.45, 7) is 9.27. The Hall–Kier alpha value is -0.510. The molecule has 0 heterocycles. The van der Waals surface area contributed by atoms with Crippen molar-refractivity contribution in [1.82, 2.24) is 0 Å². The van der Waals surface area contributed by atoms with Gasteiger partial charge in [0.15, 0.2) is 0 Å². The smallest absolute Gasteiger partial charge is 0.0658 e. The lowest BCUT2D eigenvalue weighted by Gasteiger charge is -2.33. The molecule has 1 nitrogen and oxygen atoms in total. The highest BCUT2D eigenvalue weighted by atomic mass is 14.3. The largest absolute Gasteiger partial charge is 0.198 e. The van der Waals surface area contributed by atoms with Crippen molar-refractivity contribution in [3.8, 4) is 6.07 Å². The van der Waals surface area contributed by atoms with Gasteiger partial charge < -0.3 is 0 Å². The molecule has 23 heavy (non-hydrogen) atoms. The molecule has 0 saturated heterocycles. The highest BCUT2D eigenvalue weighted by molar-refractivity contribution is 4.89. The first-order valence-electron chi connectivity index (χ1n) is 10.6. The van der Waals surface area contributed by atoms with E-state index in [0.29, 0.717) is 11.8 Å². The number of hydrogen-bond donors (Lipinski definition) is 0. The molecule has 1 fully saturated rings. The first-order chi connectivity index (χ1) is 11.2. The predicted octanol–water partition coefficient (Wildman–Crippen LogP) is 7.37. The van der Waals surface area contributed by atoms with Crippen LogP contribution in [0.3, 0.4) is 0 Å². The maximum absolute atomic E-state index is 9.69. The molecule has 1 saturated carbocycles. The first kappa shape index (κ1) is 20.5. The fraction of sp³-hybridized carbons (Fsp3) is 0.955. The Morgan fingerprint density at radius 1 is 0.826 bits per heavy atom. The number of nitrogens with zero attached hydrogens (tertiary/aromatic N) is 1. The average molecular weight is 320 g/mol. The van der Waals surface area contributed by atoms with Crippen LogP contribution in [-0.2, 0) is 0 Å². The summed E-state index contributed by atoms with van der Waals surface area (Å²) in [6, 6.07) is 2.68. The molecule has 0 bridgehead atoms. The van der Waals surface area contributed by atoms with Gasteiger partial charge in [-0.3, -0.25) is 0 Å². The van der Waals surface area contributed by atoms with Crippen LogP contribution in [0.1, 0.15) is 105 Å². The van der Waals surface area contributed by atoms with Gasteiger partial charge in [0.1, 0.15) is 0 Å². The zero-order valence-corrected chi connectivity index (χ0v) is 16.3. The summed E-state index contributed by atoms with van der Waals surface area (Å²) in [5.41, 5.74) is 0. The maximum atomic E-state index is 9.69. The highest BCUT2D eigenvalue weighted by Gasteiger charge is 2.27. The molecule has 0 aromatic rings. The van der Waals surface area contributed by atoms with Gasteiger partial charge in [-0.1, -0.05) is 66.2 Å². The summed E-state index contributed by atoms with van der Waals surface area (Å²) in [5.74, 6) is 3.72. The normalized spacial score (nSPS) is 24.3. The fourth-order valence-electron chi connectivity index (χ4n) is 4.83. The van der Waals surface area contributed by atoms with Crippen LogP contribution in [0.4, 0.5) is 0 Å². The van der Waals surface area contributed by atoms with Gasteiger partial charge in [0, 0.05) is 5.92 Å². The molecule has 1 heteroatoms. The Labute approximate surface area is 146 Å². The molecular weight excluding hydrogens is 278 g/mol. The second kappa shape index (κ2) is 11.9. The van der Waals surface area contributed by atoms with Crippen LogP contribution < -0.4 is 0 Å². The van der Waals surface area contributed by atoms with Crippen molar-refractivity contribution in [1.29, 1.82) is 5.26 Å². The van der Waals surface area contributed by atoms with Gasteiger partial charge in [-0.05, 0) is 62.2 Å². The fourth-order valence-corrected chi connectivity index (χ4v) is 4.83. The van der Waals surface area contributed by atoms with Crippen LogP contribution in [0.5, 0.6) is 0 Å². The van der Waals surface area contributed by atoms with Crippen molar-refractivity contribution in [2.24, 2.45) is 29.6 Å². The van der Waals surface area contributed by atoms with Gasteiger partial charge in [-0.2, -0.15) is 5.26 Å². The molecule has 0 aromatic heterocycles. The molecule has 0 spiro atoms. The van der Waals surface area contributed by atoms with E-state index in [0.717, 1.165) is 24.2 Å². The third-order valence-corrected chi connectivity index (χ3v) is 6.29. The molecule has 2 atom stereocenters. The van der Waals surface area contributed by atoms with Crippen LogP contribution in [0, 0.1) is 40.9 Å². The lowest BCUT2D eigenvalue weighted by atomic mass is 9.72. The van der Waals surface area contributed by atoms with Crippen molar-refractivity contribution < 1.29 is 0 Å². The number of hydrogen-bond acceptors (Lipinski definition) is 1. The van der Waals surface area contributed by atoms with E-state index in [4.69, 9.17) is 0 Å². The van der Waals surface area contributed by atoms with E-state index in [1.807, 2.05) is 0 Å². The van der Waals surface area contributed by atoms with Gasteiger partial charge in [0.2, 0.25) is 0 Å².